The van der Waals surface area contributed by atoms with Gasteiger partial charge in [-0.15, -0.1) is 0 Å². The van der Waals surface area contributed by atoms with E-state index >= 15 is 0 Å². The van der Waals surface area contributed by atoms with Crippen LogP contribution in [0.3, 0.4) is 0 Å². The minimum Gasteiger partial charge on any atom is -0.550 e. The molecule has 0 spiro atoms. The van der Waals surface area contributed by atoms with Gasteiger partial charge in [-0.05, 0) is 12.8 Å². The molecule has 1 atom stereocenters. The molecule has 0 fully saturated rings. The van der Waals surface area contributed by atoms with E-state index in [9.17, 15) is 24.6 Å². The second-order valence-electron chi connectivity index (χ2n) is 2.71. The van der Waals surface area contributed by atoms with Crippen molar-refractivity contribution >= 4 is 17.7 Å². The molecule has 15 heavy (non-hydrogen) atoms. The first-order valence-electron chi connectivity index (χ1n) is 3.94. The largest absolute Gasteiger partial charge is 1.00 e. The number of rotatable bonds is 6. The molecular formula is C8H10Li2O5. The number of Topliss-reactive ketones (excluding diaryl/α,β-unsaturated/α-hetero) is 1. The maximum atomic E-state index is 10.8. The zero-order valence-electron chi connectivity index (χ0n) is 9.24. The molecule has 0 aliphatic heterocycles. The van der Waals surface area contributed by atoms with Gasteiger partial charge >= 0.3 is 37.7 Å². The van der Waals surface area contributed by atoms with Crippen molar-refractivity contribution in [3.05, 3.63) is 0 Å². The maximum Gasteiger partial charge on any atom is 1.00 e. The van der Waals surface area contributed by atoms with E-state index < -0.39 is 30.1 Å². The van der Waals surface area contributed by atoms with Gasteiger partial charge in [-0.2, -0.15) is 0 Å². The quantitative estimate of drug-likeness (QED) is 0.313. The Bertz CT molecular complexity index is 229. The fourth-order valence-electron chi connectivity index (χ4n) is 1.04. The van der Waals surface area contributed by atoms with Gasteiger partial charge in [-0.1, -0.05) is 13.3 Å². The van der Waals surface area contributed by atoms with Crippen LogP contribution in [0.5, 0.6) is 0 Å². The van der Waals surface area contributed by atoms with Crippen molar-refractivity contribution < 1.29 is 62.3 Å². The van der Waals surface area contributed by atoms with Crippen molar-refractivity contribution in [2.75, 3.05) is 0 Å². The maximum absolute atomic E-state index is 10.8. The minimum atomic E-state index is -1.83. The number of ketones is 1. The summed E-state index contributed by atoms with van der Waals surface area (Å²) >= 11 is 0. The SMILES string of the molecule is CCCC(CC(=O)[O-])C(=O)C(=O)[O-].[Li+].[Li+]. The minimum absolute atomic E-state index is 0. The Hall–Kier alpha value is -0.195. The molecule has 0 amide bonds. The van der Waals surface area contributed by atoms with Crippen LogP contribution in [-0.4, -0.2) is 17.7 Å². The Kier molecular flexibility index (Phi) is 13.9. The van der Waals surface area contributed by atoms with Gasteiger partial charge in [0.15, 0.2) is 5.78 Å². The topological polar surface area (TPSA) is 97.3 Å². The van der Waals surface area contributed by atoms with E-state index in [4.69, 9.17) is 0 Å². The summed E-state index contributed by atoms with van der Waals surface area (Å²) in [7, 11) is 0. The number of hydrogen-bond donors (Lipinski definition) is 0. The average Bonchev–Trinajstić information content (AvgIpc) is 2.01. The van der Waals surface area contributed by atoms with Crippen LogP contribution in [0.2, 0.25) is 0 Å². The van der Waals surface area contributed by atoms with Crippen molar-refractivity contribution in [3.63, 3.8) is 0 Å². The molecule has 0 radical (unpaired) electrons. The first kappa shape index (κ1) is 20.2. The summed E-state index contributed by atoms with van der Waals surface area (Å²) in [6.45, 7) is 1.73. The van der Waals surface area contributed by atoms with Crippen molar-refractivity contribution in [1.29, 1.82) is 0 Å². The first-order chi connectivity index (χ1) is 5.99. The fourth-order valence-corrected chi connectivity index (χ4v) is 1.04. The number of carboxylic acid groups (broad SMARTS) is 2. The molecule has 5 nitrogen and oxygen atoms in total. The Morgan fingerprint density at radius 3 is 1.87 bits per heavy atom. The smallest absolute Gasteiger partial charge is 0.550 e. The molecule has 0 aromatic rings. The molecule has 0 N–H and O–H groups in total. The van der Waals surface area contributed by atoms with E-state index in [1.54, 1.807) is 6.92 Å². The summed E-state index contributed by atoms with van der Waals surface area (Å²) in [5.74, 6) is -5.43. The van der Waals surface area contributed by atoms with Gasteiger partial charge in [0.1, 0.15) is 5.97 Å². The molecule has 1 unspecified atom stereocenters. The predicted octanol–water partition coefficient (Wildman–Crippen LogP) is -8.13. The van der Waals surface area contributed by atoms with Gasteiger partial charge in [0.05, 0.1) is 0 Å². The monoisotopic (exact) mass is 200 g/mol. The first-order valence-corrected chi connectivity index (χ1v) is 3.94. The third kappa shape index (κ3) is 8.78. The van der Waals surface area contributed by atoms with E-state index in [2.05, 4.69) is 0 Å². The molecule has 0 rings (SSSR count). The summed E-state index contributed by atoms with van der Waals surface area (Å²) in [5, 5.41) is 20.3. The van der Waals surface area contributed by atoms with Gasteiger partial charge in [0.25, 0.3) is 0 Å². The standard InChI is InChI=1S/C8H12O5.2Li/c1-2-3-5(4-6(9)10)7(11)8(12)13;;/h5H,2-4H2,1H3,(H,9,10)(H,12,13);;/q;2*+1/p-2. The fraction of sp³-hybridized carbons (Fsp3) is 0.625. The zero-order chi connectivity index (χ0) is 10.4. The second kappa shape index (κ2) is 10.3. The average molecular weight is 200 g/mol. The molecule has 0 aliphatic rings. The molecule has 0 saturated heterocycles. The Labute approximate surface area is 112 Å². The molecule has 0 saturated carbocycles. The Balaban J connectivity index is -0.000000720. The third-order valence-electron chi connectivity index (χ3n) is 1.62. The van der Waals surface area contributed by atoms with Gasteiger partial charge in [0, 0.05) is 11.9 Å². The molecule has 0 bridgehead atoms. The normalized spacial score (nSPS) is 10.5. The summed E-state index contributed by atoms with van der Waals surface area (Å²) < 4.78 is 0. The molecule has 7 heteroatoms. The third-order valence-corrected chi connectivity index (χ3v) is 1.62. The van der Waals surface area contributed by atoms with Crippen LogP contribution < -0.4 is 47.9 Å². The predicted molar refractivity (Wildman–Crippen MR) is 38.0 cm³/mol. The summed E-state index contributed by atoms with van der Waals surface area (Å²) in [5.41, 5.74) is 0. The van der Waals surface area contributed by atoms with Crippen LogP contribution in [0.25, 0.3) is 0 Å². The van der Waals surface area contributed by atoms with Crippen LogP contribution in [0.1, 0.15) is 26.2 Å². The van der Waals surface area contributed by atoms with Crippen LogP contribution in [0.15, 0.2) is 0 Å². The van der Waals surface area contributed by atoms with Gasteiger partial charge in [-0.25, -0.2) is 0 Å². The number of hydrogen-bond acceptors (Lipinski definition) is 5. The van der Waals surface area contributed by atoms with Crippen molar-refractivity contribution in [2.24, 2.45) is 5.92 Å². The molecule has 0 aliphatic carbocycles. The van der Waals surface area contributed by atoms with E-state index in [1.165, 1.54) is 0 Å². The summed E-state index contributed by atoms with van der Waals surface area (Å²) in [6, 6.07) is 0. The van der Waals surface area contributed by atoms with Gasteiger partial charge in [0.2, 0.25) is 0 Å². The van der Waals surface area contributed by atoms with Crippen LogP contribution in [0.4, 0.5) is 0 Å². The second-order valence-corrected chi connectivity index (χ2v) is 2.71. The van der Waals surface area contributed by atoms with Crippen molar-refractivity contribution in [1.82, 2.24) is 0 Å². The van der Waals surface area contributed by atoms with Crippen LogP contribution >= 0.6 is 0 Å². The van der Waals surface area contributed by atoms with Crippen LogP contribution in [0, 0.1) is 5.92 Å². The molecule has 0 aromatic carbocycles. The molecule has 0 aromatic heterocycles. The van der Waals surface area contributed by atoms with Gasteiger partial charge < -0.3 is 19.8 Å². The zero-order valence-corrected chi connectivity index (χ0v) is 9.24. The number of carbonyl (C=O) groups is 3. The molecule has 0 heterocycles. The van der Waals surface area contributed by atoms with Crippen molar-refractivity contribution in [2.45, 2.75) is 26.2 Å². The van der Waals surface area contributed by atoms with E-state index in [0.29, 0.717) is 6.42 Å². The van der Waals surface area contributed by atoms with Gasteiger partial charge in [-0.3, -0.25) is 4.79 Å². The van der Waals surface area contributed by atoms with E-state index in [1.807, 2.05) is 0 Å². The number of carbonyl (C=O) groups excluding carboxylic acids is 3. The number of aliphatic carboxylic acids is 2. The Morgan fingerprint density at radius 1 is 1.13 bits per heavy atom. The molecular weight excluding hydrogens is 190 g/mol. The summed E-state index contributed by atoms with van der Waals surface area (Å²) in [4.78, 5) is 31.1. The van der Waals surface area contributed by atoms with E-state index in [-0.39, 0.29) is 44.1 Å². The molecule has 74 valence electrons. The van der Waals surface area contributed by atoms with Crippen LogP contribution in [-0.2, 0) is 14.4 Å². The van der Waals surface area contributed by atoms with E-state index in [0.717, 1.165) is 0 Å². The number of carboxylic acids is 2. The summed E-state index contributed by atoms with van der Waals surface area (Å²) in [6.07, 6.45) is 0.207. The van der Waals surface area contributed by atoms with Crippen molar-refractivity contribution in [3.8, 4) is 0 Å². The Morgan fingerprint density at radius 2 is 1.60 bits per heavy atom.